The summed E-state index contributed by atoms with van der Waals surface area (Å²) in [6.45, 7) is 13.4. The molecule has 1 amide bonds. The molecule has 2 saturated heterocycles. The van der Waals surface area contributed by atoms with Crippen LogP contribution in [-0.4, -0.2) is 70.6 Å². The lowest BCUT2D eigenvalue weighted by atomic mass is 9.99. The van der Waals surface area contributed by atoms with E-state index in [1.54, 1.807) is 12.4 Å². The van der Waals surface area contributed by atoms with Crippen molar-refractivity contribution in [1.82, 2.24) is 25.4 Å². The third-order valence-electron chi connectivity index (χ3n) is 6.03. The first-order valence-electron chi connectivity index (χ1n) is 12.4. The third kappa shape index (κ3) is 6.95. The maximum absolute atomic E-state index is 12.0. The van der Waals surface area contributed by atoms with Crippen LogP contribution < -0.4 is 19.9 Å². The fourth-order valence-electron chi connectivity index (χ4n) is 4.26. The molecule has 0 saturated carbocycles. The van der Waals surface area contributed by atoms with Gasteiger partial charge in [-0.25, -0.2) is 14.8 Å². The quantitative estimate of drug-likeness (QED) is 0.622. The molecule has 0 radical (unpaired) electrons. The van der Waals surface area contributed by atoms with E-state index in [2.05, 4.69) is 49.1 Å². The van der Waals surface area contributed by atoms with Crippen molar-refractivity contribution in [3.05, 3.63) is 18.2 Å². The monoisotopic (exact) mass is 487 g/mol. The van der Waals surface area contributed by atoms with E-state index in [9.17, 15) is 4.79 Å². The van der Waals surface area contributed by atoms with Crippen LogP contribution in [0.4, 0.5) is 16.8 Å². The molecule has 4 heterocycles. The average Bonchev–Trinajstić information content (AvgIpc) is 3.47. The largest absolute Gasteiger partial charge is 0.490 e. The average molecular weight is 488 g/mol. The molecule has 2 aromatic rings. The van der Waals surface area contributed by atoms with Crippen LogP contribution in [0.5, 0.6) is 5.75 Å². The summed E-state index contributed by atoms with van der Waals surface area (Å²) in [5, 5.41) is 7.00. The second-order valence-electron chi connectivity index (χ2n) is 10.7. The molecule has 11 heteroatoms. The number of ether oxygens (including phenoxy) is 2. The molecule has 0 spiro atoms. The molecule has 2 unspecified atom stereocenters. The van der Waals surface area contributed by atoms with E-state index >= 15 is 0 Å². The van der Waals surface area contributed by atoms with E-state index in [-0.39, 0.29) is 12.0 Å². The fourth-order valence-corrected chi connectivity index (χ4v) is 4.26. The number of alkyl carbamates (subject to hydrolysis) is 1. The highest BCUT2D eigenvalue weighted by Crippen LogP contribution is 2.24. The molecule has 2 fully saturated rings. The van der Waals surface area contributed by atoms with Gasteiger partial charge in [-0.15, -0.1) is 0 Å². The minimum absolute atomic E-state index is 0.00842. The predicted octanol–water partition coefficient (Wildman–Crippen LogP) is 3.38. The van der Waals surface area contributed by atoms with Crippen molar-refractivity contribution in [3.63, 3.8) is 0 Å². The Labute approximate surface area is 206 Å². The number of rotatable bonds is 7. The molecule has 4 rings (SSSR count). The summed E-state index contributed by atoms with van der Waals surface area (Å²) in [7, 11) is 0. The summed E-state index contributed by atoms with van der Waals surface area (Å²) >= 11 is 0. The van der Waals surface area contributed by atoms with E-state index in [4.69, 9.17) is 14.0 Å². The highest BCUT2D eigenvalue weighted by Gasteiger charge is 2.28. The van der Waals surface area contributed by atoms with E-state index in [0.717, 1.165) is 44.7 Å². The van der Waals surface area contributed by atoms with Crippen molar-refractivity contribution in [2.75, 3.05) is 42.6 Å². The van der Waals surface area contributed by atoms with Crippen molar-refractivity contribution in [1.29, 1.82) is 0 Å². The Balaban J connectivity index is 1.23. The minimum atomic E-state index is -0.513. The molecule has 2 aromatic heterocycles. The number of aromatic nitrogens is 4. The van der Waals surface area contributed by atoms with Crippen LogP contribution in [-0.2, 0) is 4.74 Å². The molecular formula is C24H37N7O4. The van der Waals surface area contributed by atoms with Gasteiger partial charge in [-0.1, -0.05) is 19.0 Å². The Hall–Kier alpha value is -3.11. The molecule has 2 aliphatic heterocycles. The zero-order chi connectivity index (χ0) is 25.0. The van der Waals surface area contributed by atoms with Crippen molar-refractivity contribution in [2.24, 2.45) is 5.92 Å². The number of carbonyl (C=O) groups excluding carboxylic acids is 1. The number of piperidine rings is 1. The lowest BCUT2D eigenvalue weighted by Gasteiger charge is -2.31. The van der Waals surface area contributed by atoms with Gasteiger partial charge < -0.3 is 29.1 Å². The lowest BCUT2D eigenvalue weighted by molar-refractivity contribution is 0.0509. The first kappa shape index (κ1) is 25.0. The number of carbonyl (C=O) groups is 1. The smallest absolute Gasteiger partial charge is 0.407 e. The number of nitrogens with one attached hydrogen (secondary N) is 1. The molecule has 0 aromatic carbocycles. The molecule has 11 nitrogen and oxygen atoms in total. The van der Waals surface area contributed by atoms with Gasteiger partial charge in [0.1, 0.15) is 5.60 Å². The lowest BCUT2D eigenvalue weighted by Crippen LogP contribution is -2.40. The molecule has 2 atom stereocenters. The van der Waals surface area contributed by atoms with E-state index < -0.39 is 11.7 Å². The highest BCUT2D eigenvalue weighted by atomic mass is 16.6. The second kappa shape index (κ2) is 10.7. The topological polar surface area (TPSA) is 119 Å². The first-order valence-corrected chi connectivity index (χ1v) is 12.4. The van der Waals surface area contributed by atoms with Gasteiger partial charge in [0.15, 0.2) is 11.6 Å². The Bertz CT molecular complexity index is 973. The van der Waals surface area contributed by atoms with Gasteiger partial charge in [-0.2, -0.15) is 4.98 Å². The van der Waals surface area contributed by atoms with Gasteiger partial charge in [0, 0.05) is 38.0 Å². The molecule has 35 heavy (non-hydrogen) atoms. The third-order valence-corrected chi connectivity index (χ3v) is 6.03. The molecule has 1 N–H and O–H groups in total. The van der Waals surface area contributed by atoms with Gasteiger partial charge in [-0.3, -0.25) is 0 Å². The summed E-state index contributed by atoms with van der Waals surface area (Å²) < 4.78 is 16.8. The van der Waals surface area contributed by atoms with Crippen LogP contribution in [0.1, 0.15) is 65.6 Å². The van der Waals surface area contributed by atoms with Crippen LogP contribution >= 0.6 is 0 Å². The zero-order valence-corrected chi connectivity index (χ0v) is 21.4. The summed E-state index contributed by atoms with van der Waals surface area (Å²) in [6.07, 6.45) is 5.98. The van der Waals surface area contributed by atoms with Crippen LogP contribution in [0.25, 0.3) is 0 Å². The number of nitrogens with zero attached hydrogens (tertiary/aromatic N) is 6. The number of anilines is 2. The maximum atomic E-state index is 12.0. The zero-order valence-electron chi connectivity index (χ0n) is 21.4. The Morgan fingerprint density at radius 2 is 1.94 bits per heavy atom. The molecular weight excluding hydrogens is 450 g/mol. The second-order valence-corrected chi connectivity index (χ2v) is 10.7. The van der Waals surface area contributed by atoms with Crippen LogP contribution in [0.2, 0.25) is 0 Å². The fraction of sp³-hybridized carbons (Fsp3) is 0.708. The summed E-state index contributed by atoms with van der Waals surface area (Å²) in [5.41, 5.74) is -0.513. The summed E-state index contributed by atoms with van der Waals surface area (Å²) in [4.78, 5) is 29.7. The molecule has 192 valence electrons. The molecule has 0 bridgehead atoms. The van der Waals surface area contributed by atoms with Crippen molar-refractivity contribution in [2.45, 2.75) is 71.4 Å². The maximum Gasteiger partial charge on any atom is 0.407 e. The van der Waals surface area contributed by atoms with Crippen LogP contribution in [0, 0.1) is 5.92 Å². The number of hydrogen-bond acceptors (Lipinski definition) is 10. The summed E-state index contributed by atoms with van der Waals surface area (Å²) in [5.74, 6) is 2.61. The number of hydrogen-bond donors (Lipinski definition) is 1. The first-order chi connectivity index (χ1) is 16.7. The Morgan fingerprint density at radius 3 is 2.63 bits per heavy atom. The molecule has 0 aliphatic carbocycles. The van der Waals surface area contributed by atoms with Crippen molar-refractivity contribution in [3.8, 4) is 5.75 Å². The van der Waals surface area contributed by atoms with Gasteiger partial charge >= 0.3 is 12.1 Å². The van der Waals surface area contributed by atoms with E-state index in [1.807, 2.05) is 20.8 Å². The molecule has 2 aliphatic rings. The van der Waals surface area contributed by atoms with Crippen LogP contribution in [0.3, 0.4) is 0 Å². The summed E-state index contributed by atoms with van der Waals surface area (Å²) in [6, 6.07) is 0.602. The normalized spacial score (nSPS) is 20.9. The standard InChI is InChI=1S/C24H37N7O4/c1-16(2)20-28-22(35-29-20)31-9-6-7-17(13-31)15-33-19-11-25-21(26-12-19)30-10-8-18(14-30)27-23(32)34-24(3,4)5/h11-12,16-18H,6-10,13-15H2,1-5H3,(H,27,32). The van der Waals surface area contributed by atoms with E-state index in [1.165, 1.54) is 0 Å². The Kier molecular flexibility index (Phi) is 7.61. The highest BCUT2D eigenvalue weighted by molar-refractivity contribution is 5.68. The van der Waals surface area contributed by atoms with Gasteiger partial charge in [-0.05, 0) is 40.0 Å². The number of amides is 1. The van der Waals surface area contributed by atoms with Gasteiger partial charge in [0.05, 0.1) is 25.0 Å². The predicted molar refractivity (Wildman–Crippen MR) is 131 cm³/mol. The van der Waals surface area contributed by atoms with Crippen molar-refractivity contribution < 1.29 is 18.8 Å². The van der Waals surface area contributed by atoms with Gasteiger partial charge in [0.25, 0.3) is 0 Å². The van der Waals surface area contributed by atoms with Gasteiger partial charge in [0.2, 0.25) is 5.95 Å². The van der Waals surface area contributed by atoms with Crippen molar-refractivity contribution >= 4 is 18.1 Å². The minimum Gasteiger partial charge on any atom is -0.490 e. The Morgan fingerprint density at radius 1 is 1.17 bits per heavy atom. The SMILES string of the molecule is CC(C)c1noc(N2CCCC(COc3cnc(N4CCC(NC(=O)OC(C)(C)C)C4)nc3)C2)n1. The van der Waals surface area contributed by atoms with Crippen LogP contribution in [0.15, 0.2) is 16.9 Å². The van der Waals surface area contributed by atoms with E-state index in [0.29, 0.717) is 36.8 Å².